The number of hydrogen-bond donors (Lipinski definition) is 0. The number of hydrogen-bond acceptors (Lipinski definition) is 6. The second-order valence-corrected chi connectivity index (χ2v) is 7.96. The van der Waals surface area contributed by atoms with E-state index in [-0.39, 0.29) is 11.1 Å². The van der Waals surface area contributed by atoms with Crippen LogP contribution in [-0.4, -0.2) is 41.7 Å². The van der Waals surface area contributed by atoms with E-state index in [0.717, 1.165) is 4.90 Å². The van der Waals surface area contributed by atoms with Gasteiger partial charge in [-0.15, -0.1) is 0 Å². The lowest BCUT2D eigenvalue weighted by atomic mass is 9.81. The molecule has 8 nitrogen and oxygen atoms in total. The molecule has 2 atom stereocenters. The van der Waals surface area contributed by atoms with Gasteiger partial charge >= 0.3 is 5.97 Å². The van der Waals surface area contributed by atoms with Crippen molar-refractivity contribution in [3.8, 4) is 5.75 Å². The fourth-order valence-corrected chi connectivity index (χ4v) is 4.63. The van der Waals surface area contributed by atoms with Crippen LogP contribution in [0.5, 0.6) is 5.75 Å². The molecule has 0 N–H and O–H groups in total. The number of methoxy groups -OCH3 is 1. The van der Waals surface area contributed by atoms with E-state index in [1.54, 1.807) is 66.7 Å². The highest BCUT2D eigenvalue weighted by Gasteiger charge is 2.70. The van der Waals surface area contributed by atoms with Crippen molar-refractivity contribution < 1.29 is 28.7 Å². The summed E-state index contributed by atoms with van der Waals surface area (Å²) in [4.78, 5) is 54.9. The van der Waals surface area contributed by atoms with E-state index in [9.17, 15) is 19.2 Å². The molecule has 0 aliphatic carbocycles. The molecule has 3 aromatic carbocycles. The molecule has 0 saturated carbocycles. The molecule has 2 aliphatic heterocycles. The van der Waals surface area contributed by atoms with Gasteiger partial charge in [-0.3, -0.25) is 29.0 Å². The molecule has 1 fully saturated rings. The van der Waals surface area contributed by atoms with Crippen LogP contribution in [0, 0.1) is 0 Å². The Hall–Kier alpha value is -4.46. The van der Waals surface area contributed by atoms with Crippen molar-refractivity contribution >= 4 is 29.4 Å². The summed E-state index contributed by atoms with van der Waals surface area (Å²) in [5.41, 5.74) is -0.474. The fraction of sp³-hybridized carbons (Fsp3) is 0.154. The number of nitrogens with zero attached hydrogens (tertiary/aromatic N) is 2. The Morgan fingerprint density at radius 2 is 1.38 bits per heavy atom. The summed E-state index contributed by atoms with van der Waals surface area (Å²) in [6.45, 7) is 1.22. The van der Waals surface area contributed by atoms with E-state index < -0.39 is 35.5 Å². The van der Waals surface area contributed by atoms with Gasteiger partial charge in [-0.05, 0) is 36.4 Å². The number of amides is 3. The molecule has 170 valence electrons. The van der Waals surface area contributed by atoms with Gasteiger partial charge in [-0.2, -0.15) is 0 Å². The van der Waals surface area contributed by atoms with Crippen molar-refractivity contribution in [1.82, 2.24) is 4.90 Å². The van der Waals surface area contributed by atoms with Crippen LogP contribution in [0.3, 0.4) is 0 Å². The van der Waals surface area contributed by atoms with Crippen LogP contribution in [0.4, 0.5) is 5.69 Å². The largest absolute Gasteiger partial charge is 0.497 e. The van der Waals surface area contributed by atoms with Gasteiger partial charge in [0.25, 0.3) is 17.7 Å². The van der Waals surface area contributed by atoms with Crippen LogP contribution in [-0.2, 0) is 20.1 Å². The molecular weight excluding hydrogens is 436 g/mol. The SMILES string of the molecule is COc1ccc(N2C(=O)[C@H](N3C(=O)c4ccccc4C3=O)[C@@]2(OC(C)=O)c2ccccc2)cc1. The quantitative estimate of drug-likeness (QED) is 0.333. The predicted octanol–water partition coefficient (Wildman–Crippen LogP) is 3.12. The van der Waals surface area contributed by atoms with E-state index in [0.29, 0.717) is 17.0 Å². The number of esters is 1. The minimum absolute atomic E-state index is 0.202. The maximum atomic E-state index is 13.7. The van der Waals surface area contributed by atoms with Crippen LogP contribution in [0.2, 0.25) is 0 Å². The molecule has 34 heavy (non-hydrogen) atoms. The van der Waals surface area contributed by atoms with E-state index in [1.165, 1.54) is 31.1 Å². The van der Waals surface area contributed by atoms with Crippen LogP contribution in [0.15, 0.2) is 78.9 Å². The Kier molecular flexibility index (Phi) is 4.93. The molecule has 2 aliphatic rings. The maximum absolute atomic E-state index is 13.7. The third-order valence-electron chi connectivity index (χ3n) is 6.06. The van der Waals surface area contributed by atoms with Gasteiger partial charge in [0, 0.05) is 18.2 Å². The molecule has 3 amide bonds. The van der Waals surface area contributed by atoms with E-state index in [2.05, 4.69) is 0 Å². The monoisotopic (exact) mass is 456 g/mol. The lowest BCUT2D eigenvalue weighted by Crippen LogP contribution is -2.79. The summed E-state index contributed by atoms with van der Waals surface area (Å²) < 4.78 is 11.1. The van der Waals surface area contributed by atoms with Crippen LogP contribution >= 0.6 is 0 Å². The molecule has 0 unspecified atom stereocenters. The second-order valence-electron chi connectivity index (χ2n) is 7.96. The molecule has 8 heteroatoms. The first-order valence-corrected chi connectivity index (χ1v) is 10.6. The molecule has 5 rings (SSSR count). The minimum Gasteiger partial charge on any atom is -0.497 e. The van der Waals surface area contributed by atoms with Crippen LogP contribution < -0.4 is 9.64 Å². The molecule has 2 heterocycles. The van der Waals surface area contributed by atoms with E-state index in [1.807, 2.05) is 0 Å². The molecule has 0 bridgehead atoms. The van der Waals surface area contributed by atoms with Gasteiger partial charge in [0.2, 0.25) is 5.72 Å². The summed E-state index contributed by atoms with van der Waals surface area (Å²) >= 11 is 0. The first-order chi connectivity index (χ1) is 16.4. The second kappa shape index (κ2) is 7.84. The van der Waals surface area contributed by atoms with Gasteiger partial charge < -0.3 is 9.47 Å². The Morgan fingerprint density at radius 1 is 0.824 bits per heavy atom. The Morgan fingerprint density at radius 3 is 1.91 bits per heavy atom. The predicted molar refractivity (Wildman–Crippen MR) is 121 cm³/mol. The summed E-state index contributed by atoms with van der Waals surface area (Å²) in [6.07, 6.45) is 0. The number of anilines is 1. The zero-order chi connectivity index (χ0) is 24.0. The third kappa shape index (κ3) is 2.92. The number of β-lactam (4-membered cyclic amide) rings is 1. The number of carbonyl (C=O) groups excluding carboxylic acids is 4. The Balaban J connectivity index is 1.70. The number of benzene rings is 3. The normalized spacial score (nSPS) is 21.2. The smallest absolute Gasteiger partial charge is 0.305 e. The van der Waals surface area contributed by atoms with Crippen molar-refractivity contribution in [3.63, 3.8) is 0 Å². The van der Waals surface area contributed by atoms with E-state index in [4.69, 9.17) is 9.47 Å². The van der Waals surface area contributed by atoms with Crippen molar-refractivity contribution in [1.29, 1.82) is 0 Å². The van der Waals surface area contributed by atoms with Gasteiger partial charge in [0.05, 0.1) is 18.2 Å². The number of fused-ring (bicyclic) bond motifs is 1. The molecule has 3 aromatic rings. The molecule has 0 spiro atoms. The van der Waals surface area contributed by atoms with Gasteiger partial charge in [-0.25, -0.2) is 0 Å². The summed E-state index contributed by atoms with van der Waals surface area (Å²) in [5.74, 6) is -1.87. The minimum atomic E-state index is -1.74. The zero-order valence-corrected chi connectivity index (χ0v) is 18.4. The maximum Gasteiger partial charge on any atom is 0.305 e. The van der Waals surface area contributed by atoms with Gasteiger partial charge in [0.1, 0.15) is 5.75 Å². The average Bonchev–Trinajstić information content (AvgIpc) is 3.09. The average molecular weight is 456 g/mol. The topological polar surface area (TPSA) is 93.2 Å². The highest BCUT2D eigenvalue weighted by atomic mass is 16.6. The first-order valence-electron chi connectivity index (χ1n) is 10.6. The third-order valence-corrected chi connectivity index (χ3v) is 6.06. The Bertz CT molecular complexity index is 1290. The van der Waals surface area contributed by atoms with Gasteiger partial charge in [-0.1, -0.05) is 42.5 Å². The summed E-state index contributed by atoms with van der Waals surface area (Å²) in [5, 5.41) is 0. The number of rotatable bonds is 5. The number of ether oxygens (including phenoxy) is 2. The number of carbonyl (C=O) groups is 4. The van der Waals surface area contributed by atoms with Crippen molar-refractivity contribution in [2.45, 2.75) is 18.7 Å². The van der Waals surface area contributed by atoms with Crippen molar-refractivity contribution in [2.75, 3.05) is 12.0 Å². The fourth-order valence-electron chi connectivity index (χ4n) is 4.63. The van der Waals surface area contributed by atoms with Crippen molar-refractivity contribution in [2.24, 2.45) is 0 Å². The first kappa shape index (κ1) is 21.4. The van der Waals surface area contributed by atoms with Crippen molar-refractivity contribution in [3.05, 3.63) is 95.6 Å². The number of imide groups is 1. The summed E-state index contributed by atoms with van der Waals surface area (Å²) in [6, 6.07) is 20.3. The van der Waals surface area contributed by atoms with Gasteiger partial charge in [0.15, 0.2) is 6.04 Å². The highest BCUT2D eigenvalue weighted by molar-refractivity contribution is 6.25. The molecule has 1 saturated heterocycles. The molecular formula is C26H20N2O6. The van der Waals surface area contributed by atoms with Crippen LogP contribution in [0.25, 0.3) is 0 Å². The summed E-state index contributed by atoms with van der Waals surface area (Å²) in [7, 11) is 1.52. The lowest BCUT2D eigenvalue weighted by molar-refractivity contribution is -0.183. The molecule has 0 aromatic heterocycles. The highest BCUT2D eigenvalue weighted by Crippen LogP contribution is 2.50. The zero-order valence-electron chi connectivity index (χ0n) is 18.4. The standard InChI is InChI=1S/C26H20N2O6/c1-16(29)34-26(17-8-4-3-5-9-17)22(25(32)28(26)18-12-14-19(33-2)15-13-18)27-23(30)20-10-6-7-11-21(20)24(27)31/h3-15,22H,1-2H3/t22-,26-/m0/s1. The molecule has 0 radical (unpaired) electrons. The lowest BCUT2D eigenvalue weighted by Gasteiger charge is -2.57. The van der Waals surface area contributed by atoms with Crippen LogP contribution in [0.1, 0.15) is 33.2 Å². The van der Waals surface area contributed by atoms with E-state index >= 15 is 0 Å². The Labute approximate surface area is 195 Å².